The van der Waals surface area contributed by atoms with E-state index in [1.54, 1.807) is 12.1 Å². The van der Waals surface area contributed by atoms with E-state index in [1.165, 1.54) is 5.57 Å². The lowest BCUT2D eigenvalue weighted by Gasteiger charge is -2.25. The number of hydrogen-bond acceptors (Lipinski definition) is 3. The molecule has 0 aromatic heterocycles. The molecule has 0 aliphatic carbocycles. The maximum Gasteiger partial charge on any atom is 0.234 e. The lowest BCUT2D eigenvalue weighted by molar-refractivity contribution is -0.122. The highest BCUT2D eigenvalue weighted by Crippen LogP contribution is 2.23. The number of rotatable bonds is 5. The highest BCUT2D eigenvalue weighted by Gasteiger charge is 2.15. The van der Waals surface area contributed by atoms with Crippen LogP contribution in [0.15, 0.2) is 30.3 Å². The van der Waals surface area contributed by atoms with E-state index in [9.17, 15) is 9.90 Å². The predicted molar refractivity (Wildman–Crippen MR) is 80.4 cm³/mol. The first-order valence-corrected chi connectivity index (χ1v) is 7.16. The lowest BCUT2D eigenvalue weighted by atomic mass is 9.99. The number of nitrogens with zero attached hydrogens (tertiary/aromatic N) is 1. The van der Waals surface area contributed by atoms with Gasteiger partial charge in [-0.15, -0.1) is 0 Å². The molecule has 0 radical (unpaired) electrons. The highest BCUT2D eigenvalue weighted by atomic mass is 16.3. The van der Waals surface area contributed by atoms with Gasteiger partial charge in [0.15, 0.2) is 0 Å². The number of carbonyl (C=O) groups is 1. The Morgan fingerprint density at radius 3 is 2.70 bits per heavy atom. The molecular weight excluding hydrogens is 252 g/mol. The normalized spacial score (nSPS) is 15.8. The average molecular weight is 274 g/mol. The van der Waals surface area contributed by atoms with Gasteiger partial charge in [-0.3, -0.25) is 9.69 Å². The molecule has 0 spiro atoms. The van der Waals surface area contributed by atoms with Crippen LogP contribution in [0.4, 0.5) is 0 Å². The quantitative estimate of drug-likeness (QED) is 0.863. The van der Waals surface area contributed by atoms with Crippen LogP contribution in [0, 0.1) is 0 Å². The zero-order chi connectivity index (χ0) is 14.4. The van der Waals surface area contributed by atoms with Crippen molar-refractivity contribution in [3.8, 4) is 5.75 Å². The number of phenolic OH excluding ortho intramolecular Hbond substituents is 1. The van der Waals surface area contributed by atoms with E-state index < -0.39 is 0 Å². The van der Waals surface area contributed by atoms with Crippen LogP contribution < -0.4 is 5.32 Å². The maximum absolute atomic E-state index is 11.7. The highest BCUT2D eigenvalue weighted by molar-refractivity contribution is 5.78. The Labute approximate surface area is 120 Å². The molecule has 0 unspecified atom stereocenters. The Kier molecular flexibility index (Phi) is 5.18. The number of benzene rings is 1. The summed E-state index contributed by atoms with van der Waals surface area (Å²) in [6.45, 7) is 4.97. The van der Waals surface area contributed by atoms with Gasteiger partial charge in [0, 0.05) is 19.6 Å². The van der Waals surface area contributed by atoms with E-state index in [2.05, 4.69) is 16.3 Å². The molecule has 4 nitrogen and oxygen atoms in total. The van der Waals surface area contributed by atoms with E-state index >= 15 is 0 Å². The van der Waals surface area contributed by atoms with Crippen molar-refractivity contribution >= 4 is 11.5 Å². The molecule has 1 aromatic carbocycles. The van der Waals surface area contributed by atoms with E-state index in [0.29, 0.717) is 12.3 Å². The van der Waals surface area contributed by atoms with Crippen LogP contribution in [0.2, 0.25) is 0 Å². The third kappa shape index (κ3) is 4.10. The molecule has 1 aliphatic heterocycles. The second kappa shape index (κ2) is 7.10. The van der Waals surface area contributed by atoms with Gasteiger partial charge in [-0.25, -0.2) is 0 Å². The summed E-state index contributed by atoms with van der Waals surface area (Å²) in [7, 11) is 0. The van der Waals surface area contributed by atoms with Gasteiger partial charge in [-0.2, -0.15) is 0 Å². The first-order chi connectivity index (χ1) is 9.69. The standard InChI is InChI=1S/C16H22N2O2/c1-2-9-17-16(20)12-18-10-7-14(8-11-18)13-3-5-15(19)6-4-13/h3-7,19H,2,8-12H2,1H3,(H,17,20). The van der Waals surface area contributed by atoms with Crippen molar-refractivity contribution in [2.75, 3.05) is 26.2 Å². The average Bonchev–Trinajstić information content (AvgIpc) is 2.47. The van der Waals surface area contributed by atoms with Crippen molar-refractivity contribution in [3.63, 3.8) is 0 Å². The third-order valence-electron chi connectivity index (χ3n) is 3.47. The second-order valence-corrected chi connectivity index (χ2v) is 5.11. The molecule has 1 amide bonds. The Hall–Kier alpha value is -1.81. The summed E-state index contributed by atoms with van der Waals surface area (Å²) in [6, 6.07) is 7.29. The topological polar surface area (TPSA) is 52.6 Å². The van der Waals surface area contributed by atoms with E-state index in [0.717, 1.165) is 38.0 Å². The van der Waals surface area contributed by atoms with Gasteiger partial charge in [-0.05, 0) is 36.1 Å². The second-order valence-electron chi connectivity index (χ2n) is 5.11. The van der Waals surface area contributed by atoms with Gasteiger partial charge in [-0.1, -0.05) is 25.1 Å². The Balaban J connectivity index is 1.87. The Morgan fingerprint density at radius 1 is 1.35 bits per heavy atom. The minimum Gasteiger partial charge on any atom is -0.508 e. The molecule has 0 saturated heterocycles. The van der Waals surface area contributed by atoms with Crippen molar-refractivity contribution < 1.29 is 9.90 Å². The first kappa shape index (κ1) is 14.6. The molecule has 0 fully saturated rings. The summed E-state index contributed by atoms with van der Waals surface area (Å²) >= 11 is 0. The van der Waals surface area contributed by atoms with Gasteiger partial charge in [0.1, 0.15) is 5.75 Å². The van der Waals surface area contributed by atoms with Crippen molar-refractivity contribution in [1.82, 2.24) is 10.2 Å². The van der Waals surface area contributed by atoms with E-state index in [1.807, 2.05) is 19.1 Å². The Bertz CT molecular complexity index is 480. The molecular formula is C16H22N2O2. The maximum atomic E-state index is 11.7. The molecule has 0 atom stereocenters. The fourth-order valence-corrected chi connectivity index (χ4v) is 2.32. The van der Waals surface area contributed by atoms with Gasteiger partial charge in [0.2, 0.25) is 5.91 Å². The zero-order valence-electron chi connectivity index (χ0n) is 11.9. The van der Waals surface area contributed by atoms with Crippen LogP contribution >= 0.6 is 0 Å². The molecule has 0 saturated carbocycles. The van der Waals surface area contributed by atoms with Crippen LogP contribution in [0.3, 0.4) is 0 Å². The molecule has 0 bridgehead atoms. The van der Waals surface area contributed by atoms with Crippen LogP contribution in [-0.2, 0) is 4.79 Å². The number of phenols is 1. The summed E-state index contributed by atoms with van der Waals surface area (Å²) in [4.78, 5) is 13.8. The summed E-state index contributed by atoms with van der Waals surface area (Å²) in [5.41, 5.74) is 2.44. The largest absolute Gasteiger partial charge is 0.508 e. The molecule has 2 rings (SSSR count). The summed E-state index contributed by atoms with van der Waals surface area (Å²) in [5, 5.41) is 12.2. The number of carbonyl (C=O) groups excluding carboxylic acids is 1. The van der Waals surface area contributed by atoms with Crippen LogP contribution in [0.1, 0.15) is 25.3 Å². The van der Waals surface area contributed by atoms with Gasteiger partial charge in [0.05, 0.1) is 6.54 Å². The fourth-order valence-electron chi connectivity index (χ4n) is 2.32. The predicted octanol–water partition coefficient (Wildman–Crippen LogP) is 2.01. The van der Waals surface area contributed by atoms with Gasteiger partial charge >= 0.3 is 0 Å². The van der Waals surface area contributed by atoms with Crippen molar-refractivity contribution in [2.24, 2.45) is 0 Å². The fraction of sp³-hybridized carbons (Fsp3) is 0.438. The lowest BCUT2D eigenvalue weighted by Crippen LogP contribution is -2.39. The summed E-state index contributed by atoms with van der Waals surface area (Å²) in [5.74, 6) is 0.396. The smallest absolute Gasteiger partial charge is 0.234 e. The monoisotopic (exact) mass is 274 g/mol. The molecule has 1 heterocycles. The number of aromatic hydroxyl groups is 1. The van der Waals surface area contributed by atoms with Crippen molar-refractivity contribution in [3.05, 3.63) is 35.9 Å². The molecule has 1 aliphatic rings. The Morgan fingerprint density at radius 2 is 2.10 bits per heavy atom. The number of nitrogens with one attached hydrogen (secondary N) is 1. The summed E-state index contributed by atoms with van der Waals surface area (Å²) < 4.78 is 0. The third-order valence-corrected chi connectivity index (χ3v) is 3.47. The van der Waals surface area contributed by atoms with Crippen LogP contribution in [0.25, 0.3) is 5.57 Å². The van der Waals surface area contributed by atoms with E-state index in [4.69, 9.17) is 0 Å². The van der Waals surface area contributed by atoms with Crippen molar-refractivity contribution in [2.45, 2.75) is 19.8 Å². The molecule has 20 heavy (non-hydrogen) atoms. The first-order valence-electron chi connectivity index (χ1n) is 7.16. The van der Waals surface area contributed by atoms with Gasteiger partial charge < -0.3 is 10.4 Å². The SMILES string of the molecule is CCCNC(=O)CN1CC=C(c2ccc(O)cc2)CC1. The van der Waals surface area contributed by atoms with Crippen LogP contribution in [-0.4, -0.2) is 42.1 Å². The number of hydrogen-bond donors (Lipinski definition) is 2. The molecule has 2 N–H and O–H groups in total. The van der Waals surface area contributed by atoms with Gasteiger partial charge in [0.25, 0.3) is 0 Å². The minimum atomic E-state index is 0.105. The van der Waals surface area contributed by atoms with E-state index in [-0.39, 0.29) is 5.91 Å². The molecule has 4 heteroatoms. The van der Waals surface area contributed by atoms with Crippen molar-refractivity contribution in [1.29, 1.82) is 0 Å². The zero-order valence-corrected chi connectivity index (χ0v) is 11.9. The molecule has 108 valence electrons. The molecule has 1 aromatic rings. The minimum absolute atomic E-state index is 0.105. The van der Waals surface area contributed by atoms with Crippen LogP contribution in [0.5, 0.6) is 5.75 Å². The number of amides is 1. The summed E-state index contributed by atoms with van der Waals surface area (Å²) in [6.07, 6.45) is 4.07.